The molecule has 5 rings (SSSR count). The molecule has 1 aliphatic carbocycles. The normalized spacial score (nSPS) is 15.1. The summed E-state index contributed by atoms with van der Waals surface area (Å²) in [4.78, 5) is 46.2. The van der Waals surface area contributed by atoms with Crippen molar-refractivity contribution in [3.63, 3.8) is 0 Å². The van der Waals surface area contributed by atoms with E-state index in [1.54, 1.807) is 15.9 Å². The predicted octanol–water partition coefficient (Wildman–Crippen LogP) is 3.51. The second-order valence-electron chi connectivity index (χ2n) is 8.86. The molecule has 0 atom stereocenters. The molecule has 1 aliphatic heterocycles. The maximum absolute atomic E-state index is 13.5. The molecule has 3 aromatic rings. The van der Waals surface area contributed by atoms with Gasteiger partial charge in [-0.05, 0) is 36.1 Å². The third-order valence-corrected chi connectivity index (χ3v) is 7.10. The van der Waals surface area contributed by atoms with E-state index >= 15 is 0 Å². The fourth-order valence-corrected chi connectivity index (χ4v) is 4.86. The number of hydrogen-bond acceptors (Lipinski definition) is 5. The molecule has 1 saturated carbocycles. The summed E-state index contributed by atoms with van der Waals surface area (Å²) in [6.07, 6.45) is 2.79. The van der Waals surface area contributed by atoms with E-state index in [4.69, 9.17) is 21.2 Å². The summed E-state index contributed by atoms with van der Waals surface area (Å²) in [5.74, 6) is -0.752. The van der Waals surface area contributed by atoms with Crippen molar-refractivity contribution in [2.75, 3.05) is 13.6 Å². The largest absolute Gasteiger partial charge is 0.373 e. The Balaban J connectivity index is 0.000000967. The van der Waals surface area contributed by atoms with Gasteiger partial charge in [-0.25, -0.2) is 4.39 Å². The molecule has 0 saturated heterocycles. The quantitative estimate of drug-likeness (QED) is 0.566. The summed E-state index contributed by atoms with van der Waals surface area (Å²) in [5.41, 5.74) is 3.52. The zero-order valence-corrected chi connectivity index (χ0v) is 20.3. The van der Waals surface area contributed by atoms with E-state index in [1.165, 1.54) is 12.1 Å². The molecule has 1 N–H and O–H groups in total. The van der Waals surface area contributed by atoms with Gasteiger partial charge in [-0.3, -0.25) is 14.7 Å². The molecule has 0 unspecified atom stereocenters. The number of fused-ring (bicyclic) bond motifs is 1. The molecule has 186 valence electrons. The Labute approximate surface area is 212 Å². The Morgan fingerprint density at radius 1 is 1.19 bits per heavy atom. The van der Waals surface area contributed by atoms with Crippen LogP contribution in [-0.4, -0.2) is 51.6 Å². The van der Waals surface area contributed by atoms with Crippen LogP contribution in [0.2, 0.25) is 5.02 Å². The van der Waals surface area contributed by atoms with Gasteiger partial charge in [0.2, 0.25) is 5.91 Å². The highest BCUT2D eigenvalue weighted by Gasteiger charge is 2.50. The Kier molecular flexibility index (Phi) is 7.33. The third kappa shape index (κ3) is 4.94. The highest BCUT2D eigenvalue weighted by Crippen LogP contribution is 2.50. The van der Waals surface area contributed by atoms with E-state index in [1.807, 2.05) is 25.2 Å². The van der Waals surface area contributed by atoms with E-state index in [9.17, 15) is 14.0 Å². The predicted molar refractivity (Wildman–Crippen MR) is 127 cm³/mol. The highest BCUT2D eigenvalue weighted by molar-refractivity contribution is 6.30. The van der Waals surface area contributed by atoms with Crippen molar-refractivity contribution < 1.29 is 23.6 Å². The minimum absolute atomic E-state index is 0.000550. The van der Waals surface area contributed by atoms with E-state index in [0.29, 0.717) is 30.8 Å². The SMILES string of the molecule is CN(C(=O)c1n[nH]c2c1CN(C(=O)Cc1ccc(F)c(Cl)c1)CC2)C1(c2ccccc2)CC1.O=C=O. The van der Waals surface area contributed by atoms with Crippen LogP contribution in [0.25, 0.3) is 0 Å². The number of carbonyl (C=O) groups excluding carboxylic acids is 4. The van der Waals surface area contributed by atoms with Crippen molar-refractivity contribution >= 4 is 29.6 Å². The molecular weight excluding hydrogens is 487 g/mol. The first kappa shape index (κ1) is 25.3. The zero-order chi connectivity index (χ0) is 25.9. The van der Waals surface area contributed by atoms with Crippen molar-refractivity contribution in [2.45, 2.75) is 37.8 Å². The van der Waals surface area contributed by atoms with Crippen LogP contribution >= 0.6 is 11.6 Å². The highest BCUT2D eigenvalue weighted by atomic mass is 35.5. The Bertz CT molecular complexity index is 1320. The van der Waals surface area contributed by atoms with Crippen LogP contribution in [0.4, 0.5) is 4.39 Å². The van der Waals surface area contributed by atoms with E-state index in [2.05, 4.69) is 22.3 Å². The fourth-order valence-electron chi connectivity index (χ4n) is 4.66. The summed E-state index contributed by atoms with van der Waals surface area (Å²) in [6.45, 7) is 0.840. The zero-order valence-electron chi connectivity index (χ0n) is 19.6. The summed E-state index contributed by atoms with van der Waals surface area (Å²) in [6, 6.07) is 14.4. The number of halogens is 2. The topological polar surface area (TPSA) is 103 Å². The lowest BCUT2D eigenvalue weighted by Gasteiger charge is -2.30. The lowest BCUT2D eigenvalue weighted by atomic mass is 10.0. The van der Waals surface area contributed by atoms with Crippen molar-refractivity contribution in [2.24, 2.45) is 0 Å². The van der Waals surface area contributed by atoms with E-state index in [0.717, 1.165) is 29.7 Å². The minimum atomic E-state index is -0.509. The summed E-state index contributed by atoms with van der Waals surface area (Å²) >= 11 is 5.85. The van der Waals surface area contributed by atoms with Crippen molar-refractivity contribution in [1.29, 1.82) is 0 Å². The number of benzene rings is 2. The van der Waals surface area contributed by atoms with Crippen LogP contribution in [0.5, 0.6) is 0 Å². The standard InChI is InChI=1S/C25H24ClFN4O2.CO2/c1-30(25(10-11-25)17-5-3-2-4-6-17)24(33)23-18-15-31(12-9-21(18)28-29-23)22(32)14-16-7-8-20(27)19(26)13-16;2-1-3/h2-8,13H,9-12,14-15H2,1H3,(H,28,29);. The smallest absolute Gasteiger partial charge is 0.338 e. The molecule has 0 radical (unpaired) electrons. The van der Waals surface area contributed by atoms with Crippen LogP contribution in [0.1, 0.15) is 45.7 Å². The van der Waals surface area contributed by atoms with Gasteiger partial charge in [-0.1, -0.05) is 48.0 Å². The minimum Gasteiger partial charge on any atom is -0.338 e. The first-order valence-corrected chi connectivity index (χ1v) is 11.8. The number of H-pyrrole nitrogens is 1. The van der Waals surface area contributed by atoms with Gasteiger partial charge in [0.25, 0.3) is 5.91 Å². The molecule has 1 fully saturated rings. The van der Waals surface area contributed by atoms with Crippen LogP contribution in [0.15, 0.2) is 48.5 Å². The average molecular weight is 511 g/mol. The summed E-state index contributed by atoms with van der Waals surface area (Å²) < 4.78 is 13.4. The summed E-state index contributed by atoms with van der Waals surface area (Å²) in [7, 11) is 1.83. The van der Waals surface area contributed by atoms with Gasteiger partial charge >= 0.3 is 6.15 Å². The Hall–Kier alpha value is -3.81. The molecule has 36 heavy (non-hydrogen) atoms. The van der Waals surface area contributed by atoms with Crippen LogP contribution in [0, 0.1) is 5.82 Å². The number of amides is 2. The van der Waals surface area contributed by atoms with Crippen molar-refractivity contribution in [3.05, 3.63) is 87.4 Å². The number of aromatic nitrogens is 2. The number of nitrogens with one attached hydrogen (secondary N) is 1. The molecule has 1 aromatic heterocycles. The van der Waals surface area contributed by atoms with Gasteiger partial charge in [0.05, 0.1) is 17.0 Å². The third-order valence-electron chi connectivity index (χ3n) is 6.81. The van der Waals surface area contributed by atoms with Gasteiger partial charge in [0.1, 0.15) is 5.82 Å². The average Bonchev–Trinajstić information content (AvgIpc) is 3.59. The molecule has 2 amide bonds. The monoisotopic (exact) mass is 510 g/mol. The number of aromatic amines is 1. The van der Waals surface area contributed by atoms with Gasteiger partial charge in [0.15, 0.2) is 5.69 Å². The number of rotatable bonds is 5. The number of nitrogens with zero attached hydrogens (tertiary/aromatic N) is 3. The Morgan fingerprint density at radius 2 is 1.89 bits per heavy atom. The van der Waals surface area contributed by atoms with Crippen LogP contribution in [-0.2, 0) is 39.3 Å². The van der Waals surface area contributed by atoms with Crippen LogP contribution in [0.3, 0.4) is 0 Å². The van der Waals surface area contributed by atoms with Gasteiger partial charge in [-0.15, -0.1) is 0 Å². The van der Waals surface area contributed by atoms with E-state index < -0.39 is 5.82 Å². The van der Waals surface area contributed by atoms with Crippen molar-refractivity contribution in [1.82, 2.24) is 20.0 Å². The number of carbonyl (C=O) groups is 2. The van der Waals surface area contributed by atoms with Gasteiger partial charge < -0.3 is 9.80 Å². The first-order valence-electron chi connectivity index (χ1n) is 11.4. The molecular formula is C26H24ClFN4O4. The van der Waals surface area contributed by atoms with Gasteiger partial charge in [-0.2, -0.15) is 14.7 Å². The summed E-state index contributed by atoms with van der Waals surface area (Å²) in [5, 5.41) is 7.34. The lowest BCUT2D eigenvalue weighted by molar-refractivity contribution is -0.191. The van der Waals surface area contributed by atoms with Gasteiger partial charge in [0, 0.05) is 37.8 Å². The Morgan fingerprint density at radius 3 is 2.53 bits per heavy atom. The molecule has 2 aliphatic rings. The van der Waals surface area contributed by atoms with Crippen LogP contribution < -0.4 is 0 Å². The second-order valence-corrected chi connectivity index (χ2v) is 9.27. The molecule has 10 heteroatoms. The molecule has 2 heterocycles. The molecule has 0 bridgehead atoms. The fraction of sp³-hybridized carbons (Fsp3) is 0.308. The van der Waals surface area contributed by atoms with Crippen molar-refractivity contribution in [3.8, 4) is 0 Å². The maximum atomic E-state index is 13.5. The molecule has 2 aromatic carbocycles. The first-order chi connectivity index (χ1) is 17.3. The molecule has 8 nitrogen and oxygen atoms in total. The maximum Gasteiger partial charge on any atom is 0.373 e. The second kappa shape index (κ2) is 10.4. The lowest BCUT2D eigenvalue weighted by Crippen LogP contribution is -2.40. The number of hydrogen-bond donors (Lipinski definition) is 1. The van der Waals surface area contributed by atoms with E-state index in [-0.39, 0.29) is 34.9 Å². The molecule has 0 spiro atoms.